The number of amides is 1. The molecule has 3 aromatic rings. The molecular weight excluding hydrogens is 308 g/mol. The van der Waals surface area contributed by atoms with Crippen molar-refractivity contribution in [3.63, 3.8) is 0 Å². The number of likely N-dealkylation sites (N-methyl/N-ethyl adjacent to an activating group) is 1. The summed E-state index contributed by atoms with van der Waals surface area (Å²) in [4.78, 5) is 14.8. The molecule has 3 nitrogen and oxygen atoms in total. The molecule has 1 aliphatic heterocycles. The molecular formula is C22H24N2O. The van der Waals surface area contributed by atoms with Crippen molar-refractivity contribution < 1.29 is 4.79 Å². The molecule has 0 unspecified atom stereocenters. The average molecular weight is 332 g/mol. The zero-order chi connectivity index (χ0) is 17.6. The second-order valence-corrected chi connectivity index (χ2v) is 7.09. The molecule has 0 fully saturated rings. The molecule has 3 heteroatoms. The molecule has 2 aromatic carbocycles. The molecule has 4 rings (SSSR count). The average Bonchev–Trinajstić information content (AvgIpc) is 2.95. The van der Waals surface area contributed by atoms with Gasteiger partial charge in [-0.2, -0.15) is 0 Å². The summed E-state index contributed by atoms with van der Waals surface area (Å²) in [6.07, 6.45) is 1.87. The first-order valence-electron chi connectivity index (χ1n) is 8.98. The van der Waals surface area contributed by atoms with E-state index in [1.807, 2.05) is 18.0 Å². The number of rotatable bonds is 3. The highest BCUT2D eigenvalue weighted by Crippen LogP contribution is 2.33. The van der Waals surface area contributed by atoms with Crippen molar-refractivity contribution in [2.24, 2.45) is 0 Å². The van der Waals surface area contributed by atoms with E-state index in [9.17, 15) is 4.79 Å². The highest BCUT2D eigenvalue weighted by Gasteiger charge is 2.29. The van der Waals surface area contributed by atoms with Crippen LogP contribution in [0.3, 0.4) is 0 Å². The van der Waals surface area contributed by atoms with Gasteiger partial charge in [0.05, 0.1) is 5.52 Å². The standard InChI is InChI=1S/C22H24N2O/c1-15-9-10-18-19-12-13-23(3)22(25)21(19)24(20(18)16(15)2)14-11-17-7-5-4-6-8-17/h4-10H,11-14H2,1-3H3. The van der Waals surface area contributed by atoms with Crippen molar-refractivity contribution in [2.45, 2.75) is 33.2 Å². The summed E-state index contributed by atoms with van der Waals surface area (Å²) in [7, 11) is 1.91. The van der Waals surface area contributed by atoms with E-state index in [0.717, 1.165) is 31.6 Å². The first-order valence-corrected chi connectivity index (χ1v) is 8.98. The molecule has 25 heavy (non-hydrogen) atoms. The highest BCUT2D eigenvalue weighted by molar-refractivity contribution is 6.03. The third kappa shape index (κ3) is 2.55. The third-order valence-electron chi connectivity index (χ3n) is 5.57. The molecule has 2 heterocycles. The molecule has 0 aliphatic carbocycles. The minimum atomic E-state index is 0.155. The number of aryl methyl sites for hydroxylation is 4. The molecule has 0 spiro atoms. The van der Waals surface area contributed by atoms with Crippen molar-refractivity contribution in [2.75, 3.05) is 13.6 Å². The third-order valence-corrected chi connectivity index (χ3v) is 5.57. The van der Waals surface area contributed by atoms with Crippen LogP contribution in [0.4, 0.5) is 0 Å². The second kappa shape index (κ2) is 6.07. The fourth-order valence-corrected chi connectivity index (χ4v) is 3.96. The van der Waals surface area contributed by atoms with E-state index < -0.39 is 0 Å². The summed E-state index contributed by atoms with van der Waals surface area (Å²) < 4.78 is 2.28. The van der Waals surface area contributed by atoms with Gasteiger partial charge in [0, 0.05) is 25.5 Å². The smallest absolute Gasteiger partial charge is 0.270 e. The van der Waals surface area contributed by atoms with E-state index in [4.69, 9.17) is 0 Å². The molecule has 0 saturated carbocycles. The lowest BCUT2D eigenvalue weighted by atomic mass is 10.0. The maximum atomic E-state index is 12.9. The Morgan fingerprint density at radius 3 is 2.56 bits per heavy atom. The molecule has 128 valence electrons. The minimum Gasteiger partial charge on any atom is -0.340 e. The first-order chi connectivity index (χ1) is 12.1. The lowest BCUT2D eigenvalue weighted by Gasteiger charge is -2.24. The van der Waals surface area contributed by atoms with Crippen LogP contribution in [0.2, 0.25) is 0 Å². The van der Waals surface area contributed by atoms with Gasteiger partial charge in [0.25, 0.3) is 5.91 Å². The van der Waals surface area contributed by atoms with Gasteiger partial charge in [-0.3, -0.25) is 4.79 Å². The van der Waals surface area contributed by atoms with Crippen molar-refractivity contribution in [1.29, 1.82) is 0 Å². The quantitative estimate of drug-likeness (QED) is 0.708. The minimum absolute atomic E-state index is 0.155. The number of hydrogen-bond acceptors (Lipinski definition) is 1. The van der Waals surface area contributed by atoms with Crippen molar-refractivity contribution in [3.05, 3.63) is 70.4 Å². The van der Waals surface area contributed by atoms with Gasteiger partial charge in [-0.15, -0.1) is 0 Å². The zero-order valence-corrected chi connectivity index (χ0v) is 15.2. The molecule has 0 atom stereocenters. The Balaban J connectivity index is 1.88. The Morgan fingerprint density at radius 2 is 1.80 bits per heavy atom. The van der Waals surface area contributed by atoms with E-state index in [2.05, 4.69) is 54.8 Å². The number of carbonyl (C=O) groups is 1. The summed E-state index contributed by atoms with van der Waals surface area (Å²) in [5.74, 6) is 0.155. The Labute approximate surface area is 148 Å². The number of hydrogen-bond donors (Lipinski definition) is 0. The summed E-state index contributed by atoms with van der Waals surface area (Å²) in [5, 5.41) is 1.26. The lowest BCUT2D eigenvalue weighted by Crippen LogP contribution is -2.35. The molecule has 0 N–H and O–H groups in total. The van der Waals surface area contributed by atoms with Gasteiger partial charge in [-0.25, -0.2) is 0 Å². The zero-order valence-electron chi connectivity index (χ0n) is 15.2. The van der Waals surface area contributed by atoms with E-state index in [-0.39, 0.29) is 5.91 Å². The number of fused-ring (bicyclic) bond motifs is 3. The Hall–Kier alpha value is -2.55. The fraction of sp³-hybridized carbons (Fsp3) is 0.318. The number of benzene rings is 2. The van der Waals surface area contributed by atoms with Crippen LogP contribution in [-0.4, -0.2) is 29.0 Å². The molecule has 1 amide bonds. The predicted molar refractivity (Wildman–Crippen MR) is 102 cm³/mol. The van der Waals surface area contributed by atoms with Crippen LogP contribution in [0.25, 0.3) is 10.9 Å². The normalized spacial score (nSPS) is 14.2. The fourth-order valence-electron chi connectivity index (χ4n) is 3.96. The van der Waals surface area contributed by atoms with Crippen LogP contribution >= 0.6 is 0 Å². The van der Waals surface area contributed by atoms with Crippen LogP contribution in [0.1, 0.15) is 32.7 Å². The summed E-state index contributed by atoms with van der Waals surface area (Å²) in [6.45, 7) is 5.96. The van der Waals surface area contributed by atoms with Gasteiger partial charge >= 0.3 is 0 Å². The van der Waals surface area contributed by atoms with Crippen molar-refractivity contribution in [1.82, 2.24) is 9.47 Å². The first kappa shape index (κ1) is 15.9. The Kier molecular flexibility index (Phi) is 3.87. The topological polar surface area (TPSA) is 25.2 Å². The largest absolute Gasteiger partial charge is 0.340 e. The van der Waals surface area contributed by atoms with E-state index in [0.29, 0.717) is 0 Å². The Morgan fingerprint density at radius 1 is 1.04 bits per heavy atom. The van der Waals surface area contributed by atoms with Gasteiger partial charge in [0.15, 0.2) is 0 Å². The predicted octanol–water partition coefficient (Wildman–Crippen LogP) is 4.13. The van der Waals surface area contributed by atoms with E-state index in [1.54, 1.807) is 0 Å². The van der Waals surface area contributed by atoms with Crippen LogP contribution in [0.15, 0.2) is 42.5 Å². The number of carbonyl (C=O) groups excluding carboxylic acids is 1. The lowest BCUT2D eigenvalue weighted by molar-refractivity contribution is 0.0770. The van der Waals surface area contributed by atoms with Crippen LogP contribution in [-0.2, 0) is 19.4 Å². The van der Waals surface area contributed by atoms with Crippen LogP contribution in [0, 0.1) is 13.8 Å². The summed E-state index contributed by atoms with van der Waals surface area (Å²) in [6, 6.07) is 14.9. The molecule has 0 saturated heterocycles. The molecule has 0 bridgehead atoms. The van der Waals surface area contributed by atoms with Gasteiger partial charge in [-0.05, 0) is 48.9 Å². The maximum Gasteiger partial charge on any atom is 0.270 e. The van der Waals surface area contributed by atoms with Crippen LogP contribution in [0.5, 0.6) is 0 Å². The van der Waals surface area contributed by atoms with E-state index >= 15 is 0 Å². The monoisotopic (exact) mass is 332 g/mol. The maximum absolute atomic E-state index is 12.9. The number of aromatic nitrogens is 1. The number of nitrogens with zero attached hydrogens (tertiary/aromatic N) is 2. The molecule has 0 radical (unpaired) electrons. The van der Waals surface area contributed by atoms with E-state index in [1.165, 1.54) is 33.2 Å². The Bertz CT molecular complexity index is 953. The highest BCUT2D eigenvalue weighted by atomic mass is 16.2. The van der Waals surface area contributed by atoms with Crippen molar-refractivity contribution in [3.8, 4) is 0 Å². The SMILES string of the molecule is Cc1ccc2c3c(n(CCc4ccccc4)c2c1C)C(=O)N(C)CC3. The second-order valence-electron chi connectivity index (χ2n) is 7.09. The van der Waals surface area contributed by atoms with Crippen LogP contribution < -0.4 is 0 Å². The summed E-state index contributed by atoms with van der Waals surface area (Å²) >= 11 is 0. The van der Waals surface area contributed by atoms with Gasteiger partial charge < -0.3 is 9.47 Å². The van der Waals surface area contributed by atoms with Gasteiger partial charge in [0.1, 0.15) is 5.69 Å². The molecule has 1 aliphatic rings. The van der Waals surface area contributed by atoms with Gasteiger partial charge in [-0.1, -0.05) is 42.5 Å². The molecule has 1 aromatic heterocycles. The van der Waals surface area contributed by atoms with Gasteiger partial charge in [0.2, 0.25) is 0 Å². The van der Waals surface area contributed by atoms with Crippen molar-refractivity contribution >= 4 is 16.8 Å². The summed E-state index contributed by atoms with van der Waals surface area (Å²) in [5.41, 5.74) is 7.24.